The van der Waals surface area contributed by atoms with Crippen molar-refractivity contribution in [1.29, 1.82) is 0 Å². The maximum absolute atomic E-state index is 12.8. The van der Waals surface area contributed by atoms with Crippen LogP contribution in [0.1, 0.15) is 19.4 Å². The Morgan fingerprint density at radius 2 is 1.36 bits per heavy atom. The van der Waals surface area contributed by atoms with Crippen molar-refractivity contribution in [2.24, 2.45) is 0 Å². The van der Waals surface area contributed by atoms with Crippen LogP contribution in [0.15, 0.2) is 79.0 Å². The minimum absolute atomic E-state index is 0.207. The zero-order valence-electron chi connectivity index (χ0n) is 16.2. The van der Waals surface area contributed by atoms with Gasteiger partial charge >= 0.3 is 7.60 Å². The molecule has 6 heteroatoms. The first-order valence-electron chi connectivity index (χ1n) is 9.38. The molecule has 0 saturated heterocycles. The molecule has 0 aliphatic rings. The lowest BCUT2D eigenvalue weighted by Crippen LogP contribution is -2.11. The summed E-state index contributed by atoms with van der Waals surface area (Å²) in [6.45, 7) is 4.31. The molecule has 28 heavy (non-hydrogen) atoms. The fourth-order valence-corrected chi connectivity index (χ4v) is 4.63. The van der Waals surface area contributed by atoms with Crippen molar-refractivity contribution in [3.8, 4) is 0 Å². The van der Waals surface area contributed by atoms with E-state index >= 15 is 0 Å². The molecule has 0 saturated carbocycles. The third-order valence-electron chi connectivity index (χ3n) is 4.09. The average molecular weight is 396 g/mol. The first-order valence-corrected chi connectivity index (χ1v) is 11.1. The Morgan fingerprint density at radius 3 is 1.79 bits per heavy atom. The summed E-state index contributed by atoms with van der Waals surface area (Å²) in [4.78, 5) is 6.71. The van der Waals surface area contributed by atoms with Gasteiger partial charge in [-0.3, -0.25) is 9.46 Å². The Bertz CT molecular complexity index is 853. The van der Waals surface area contributed by atoms with Gasteiger partial charge in [0.1, 0.15) is 5.82 Å². The summed E-state index contributed by atoms with van der Waals surface area (Å²) in [7, 11) is -3.15. The Labute approximate surface area is 166 Å². The fourth-order valence-electron chi connectivity index (χ4n) is 2.96. The molecule has 0 aliphatic heterocycles. The third kappa shape index (κ3) is 5.08. The Morgan fingerprint density at radius 1 is 0.821 bits per heavy atom. The maximum atomic E-state index is 12.8. The molecule has 0 radical (unpaired) electrons. The number of para-hydroxylation sites is 2. The van der Waals surface area contributed by atoms with Gasteiger partial charge in [-0.15, -0.1) is 0 Å². The lowest BCUT2D eigenvalue weighted by atomic mass is 10.2. The maximum Gasteiger partial charge on any atom is 0.335 e. The molecule has 0 N–H and O–H groups in total. The molecular formula is C22H25N2O3P. The second-order valence-corrected chi connectivity index (χ2v) is 8.19. The molecule has 0 spiro atoms. The summed E-state index contributed by atoms with van der Waals surface area (Å²) in [5.74, 6) is 0.781. The molecule has 0 bridgehead atoms. The van der Waals surface area contributed by atoms with E-state index in [1.54, 1.807) is 6.20 Å². The minimum Gasteiger partial charge on any atom is -0.309 e. The lowest BCUT2D eigenvalue weighted by Gasteiger charge is -2.24. The fraction of sp³-hybridized carbons (Fsp3) is 0.227. The molecule has 0 aliphatic carbocycles. The van der Waals surface area contributed by atoms with E-state index in [1.165, 1.54) is 0 Å². The number of rotatable bonds is 9. The highest BCUT2D eigenvalue weighted by Gasteiger charge is 2.24. The van der Waals surface area contributed by atoms with Gasteiger partial charge in [-0.2, -0.15) is 0 Å². The highest BCUT2D eigenvalue weighted by molar-refractivity contribution is 7.53. The van der Waals surface area contributed by atoms with Crippen molar-refractivity contribution < 1.29 is 13.6 Å². The number of pyridine rings is 1. The Kier molecular flexibility index (Phi) is 6.99. The summed E-state index contributed by atoms with van der Waals surface area (Å²) in [5, 5.41) is 0. The van der Waals surface area contributed by atoms with Gasteiger partial charge in [0.2, 0.25) is 0 Å². The van der Waals surface area contributed by atoms with Crippen LogP contribution >= 0.6 is 7.60 Å². The van der Waals surface area contributed by atoms with E-state index in [-0.39, 0.29) is 6.16 Å². The quantitative estimate of drug-likeness (QED) is 0.396. The van der Waals surface area contributed by atoms with Gasteiger partial charge in [-0.25, -0.2) is 4.98 Å². The number of hydrogen-bond donors (Lipinski definition) is 0. The van der Waals surface area contributed by atoms with Gasteiger partial charge in [-0.05, 0) is 49.7 Å². The van der Waals surface area contributed by atoms with E-state index in [0.29, 0.717) is 13.2 Å². The van der Waals surface area contributed by atoms with Crippen LogP contribution in [0.25, 0.3) is 0 Å². The summed E-state index contributed by atoms with van der Waals surface area (Å²) in [6.07, 6.45) is 1.94. The highest BCUT2D eigenvalue weighted by Crippen LogP contribution is 2.51. The zero-order chi connectivity index (χ0) is 19.8. The minimum atomic E-state index is -3.15. The van der Waals surface area contributed by atoms with Crippen molar-refractivity contribution in [3.63, 3.8) is 0 Å². The predicted octanol–water partition coefficient (Wildman–Crippen LogP) is 6.32. The molecule has 3 aromatic rings. The van der Waals surface area contributed by atoms with Gasteiger partial charge in [0.05, 0.1) is 19.4 Å². The van der Waals surface area contributed by atoms with Gasteiger partial charge in [0, 0.05) is 17.6 Å². The molecule has 1 heterocycles. The monoisotopic (exact) mass is 396 g/mol. The number of hydrogen-bond acceptors (Lipinski definition) is 5. The van der Waals surface area contributed by atoms with Crippen molar-refractivity contribution in [3.05, 3.63) is 84.6 Å². The first-order chi connectivity index (χ1) is 13.6. The van der Waals surface area contributed by atoms with Gasteiger partial charge < -0.3 is 9.05 Å². The molecule has 0 fully saturated rings. The van der Waals surface area contributed by atoms with Crippen LogP contribution < -0.4 is 4.90 Å². The van der Waals surface area contributed by atoms with Crippen LogP contribution in [0.4, 0.5) is 17.2 Å². The van der Waals surface area contributed by atoms with Crippen molar-refractivity contribution in [2.75, 3.05) is 18.1 Å². The van der Waals surface area contributed by atoms with Crippen molar-refractivity contribution in [1.82, 2.24) is 4.98 Å². The zero-order valence-corrected chi connectivity index (χ0v) is 17.1. The molecule has 0 amide bonds. The summed E-state index contributed by atoms with van der Waals surface area (Å²) in [6, 6.07) is 24.0. The Hall–Kier alpha value is -2.46. The van der Waals surface area contributed by atoms with E-state index in [0.717, 1.165) is 22.8 Å². The van der Waals surface area contributed by atoms with Crippen LogP contribution in [0.2, 0.25) is 0 Å². The predicted molar refractivity (Wildman–Crippen MR) is 113 cm³/mol. The number of anilines is 3. The summed E-state index contributed by atoms with van der Waals surface area (Å²) in [5.41, 5.74) is 2.85. The van der Waals surface area contributed by atoms with E-state index in [9.17, 15) is 4.57 Å². The number of benzene rings is 2. The van der Waals surface area contributed by atoms with E-state index in [4.69, 9.17) is 9.05 Å². The van der Waals surface area contributed by atoms with Gasteiger partial charge in [-0.1, -0.05) is 42.5 Å². The highest BCUT2D eigenvalue weighted by atomic mass is 31.2. The summed E-state index contributed by atoms with van der Waals surface area (Å²) < 4.78 is 23.5. The smallest absolute Gasteiger partial charge is 0.309 e. The number of aromatic nitrogens is 1. The molecule has 146 valence electrons. The lowest BCUT2D eigenvalue weighted by molar-refractivity contribution is 0.219. The molecule has 5 nitrogen and oxygen atoms in total. The molecule has 0 atom stereocenters. The van der Waals surface area contributed by atoms with E-state index in [1.807, 2.05) is 86.6 Å². The van der Waals surface area contributed by atoms with Crippen LogP contribution in [0.5, 0.6) is 0 Å². The third-order valence-corrected chi connectivity index (χ3v) is 6.15. The molecular weight excluding hydrogens is 371 g/mol. The second-order valence-electron chi connectivity index (χ2n) is 6.14. The standard InChI is InChI=1S/C22H25N2O3P/c1-3-26-28(25,27-4-2)18-19-15-16-22(23-17-19)24(20-11-7-5-8-12-20)21-13-9-6-10-14-21/h5-17H,3-4,18H2,1-2H3. The molecule has 1 aromatic heterocycles. The van der Waals surface area contributed by atoms with Crippen LogP contribution in [0.3, 0.4) is 0 Å². The molecule has 2 aromatic carbocycles. The van der Waals surface area contributed by atoms with Gasteiger partial charge in [0.15, 0.2) is 0 Å². The second kappa shape index (κ2) is 9.65. The first kappa shape index (κ1) is 20.3. The van der Waals surface area contributed by atoms with Crippen LogP contribution in [-0.4, -0.2) is 18.2 Å². The summed E-state index contributed by atoms with van der Waals surface area (Å²) >= 11 is 0. The number of nitrogens with zero attached hydrogens (tertiary/aromatic N) is 2. The SMILES string of the molecule is CCOP(=O)(Cc1ccc(N(c2ccccc2)c2ccccc2)nc1)OCC. The van der Waals surface area contributed by atoms with E-state index < -0.39 is 7.60 Å². The van der Waals surface area contributed by atoms with Crippen molar-refractivity contribution >= 4 is 24.8 Å². The van der Waals surface area contributed by atoms with Gasteiger partial charge in [0.25, 0.3) is 0 Å². The van der Waals surface area contributed by atoms with Crippen molar-refractivity contribution in [2.45, 2.75) is 20.0 Å². The average Bonchev–Trinajstić information content (AvgIpc) is 2.71. The van der Waals surface area contributed by atoms with E-state index in [2.05, 4.69) is 9.88 Å². The topological polar surface area (TPSA) is 51.7 Å². The van der Waals surface area contributed by atoms with Crippen LogP contribution in [0, 0.1) is 0 Å². The van der Waals surface area contributed by atoms with Crippen LogP contribution in [-0.2, 0) is 19.8 Å². The Balaban J connectivity index is 1.90. The largest absolute Gasteiger partial charge is 0.335 e. The molecule has 3 rings (SSSR count). The molecule has 0 unspecified atom stereocenters. The normalized spacial score (nSPS) is 11.4.